The zero-order chi connectivity index (χ0) is 13.9. The summed E-state index contributed by atoms with van der Waals surface area (Å²) in [5, 5.41) is 2.25. The highest BCUT2D eigenvalue weighted by atomic mass is 16.5. The second-order valence-corrected chi connectivity index (χ2v) is 4.86. The van der Waals surface area contributed by atoms with Crippen LogP contribution in [0.5, 0.6) is 0 Å². The number of cyclic esters (lactones) is 1. The minimum absolute atomic E-state index is 0.212. The zero-order valence-corrected chi connectivity index (χ0v) is 11.0. The summed E-state index contributed by atoms with van der Waals surface area (Å²) < 4.78 is 5.32. The molecule has 2 aromatic rings. The lowest BCUT2D eigenvalue weighted by Crippen LogP contribution is -2.21. The van der Waals surface area contributed by atoms with Crippen LogP contribution in [0.4, 0.5) is 0 Å². The lowest BCUT2D eigenvalue weighted by molar-refractivity contribution is -0.143. The monoisotopic (exact) mass is 262 g/mol. The predicted octanol–water partition coefficient (Wildman–Crippen LogP) is 3.78. The van der Waals surface area contributed by atoms with Crippen LogP contribution in [0.3, 0.4) is 0 Å². The molecule has 2 heteroatoms. The van der Waals surface area contributed by atoms with Crippen molar-refractivity contribution < 1.29 is 9.53 Å². The Bertz CT molecular complexity index is 729. The summed E-state index contributed by atoms with van der Waals surface area (Å²) >= 11 is 0. The number of ether oxygens (including phenoxy) is 1. The fraction of sp³-hybridized carbons (Fsp3) is 0.167. The summed E-state index contributed by atoms with van der Waals surface area (Å²) in [6.07, 6.45) is 8.17. The summed E-state index contributed by atoms with van der Waals surface area (Å²) in [4.78, 5) is 12.2. The highest BCUT2D eigenvalue weighted by Gasteiger charge is 2.29. The Morgan fingerprint density at radius 3 is 2.80 bits per heavy atom. The largest absolute Gasteiger partial charge is 0.430 e. The van der Waals surface area contributed by atoms with Crippen molar-refractivity contribution in [2.24, 2.45) is 0 Å². The van der Waals surface area contributed by atoms with E-state index in [-0.39, 0.29) is 11.9 Å². The van der Waals surface area contributed by atoms with Crippen LogP contribution in [0.1, 0.15) is 24.3 Å². The van der Waals surface area contributed by atoms with Gasteiger partial charge in [0.15, 0.2) is 0 Å². The van der Waals surface area contributed by atoms with Crippen molar-refractivity contribution in [2.45, 2.75) is 18.8 Å². The third-order valence-corrected chi connectivity index (χ3v) is 3.64. The number of terminal acetylenes is 1. The topological polar surface area (TPSA) is 26.3 Å². The molecule has 0 radical (unpaired) electrons. The Labute approximate surface area is 118 Å². The summed E-state index contributed by atoms with van der Waals surface area (Å²) in [7, 11) is 0. The lowest BCUT2D eigenvalue weighted by atomic mass is 9.88. The summed E-state index contributed by atoms with van der Waals surface area (Å²) in [6, 6.07) is 14.1. The number of esters is 1. The van der Waals surface area contributed by atoms with Crippen molar-refractivity contribution in [1.82, 2.24) is 0 Å². The van der Waals surface area contributed by atoms with Gasteiger partial charge in [0, 0.05) is 12.5 Å². The molecular formula is C18H14O2. The lowest BCUT2D eigenvalue weighted by Gasteiger charge is -2.23. The quantitative estimate of drug-likeness (QED) is 0.577. The van der Waals surface area contributed by atoms with Crippen LogP contribution in [0.25, 0.3) is 10.8 Å². The molecule has 0 spiro atoms. The van der Waals surface area contributed by atoms with Crippen molar-refractivity contribution >= 4 is 16.7 Å². The van der Waals surface area contributed by atoms with Crippen LogP contribution in [0.2, 0.25) is 0 Å². The molecular weight excluding hydrogens is 248 g/mol. The molecule has 0 N–H and O–H groups in total. The van der Waals surface area contributed by atoms with E-state index < -0.39 is 0 Å². The van der Waals surface area contributed by atoms with E-state index in [0.29, 0.717) is 12.2 Å². The summed E-state index contributed by atoms with van der Waals surface area (Å²) in [5.74, 6) is 2.57. The Balaban J connectivity index is 1.99. The molecule has 0 aliphatic carbocycles. The van der Waals surface area contributed by atoms with Crippen molar-refractivity contribution in [1.29, 1.82) is 0 Å². The molecule has 1 aliphatic rings. The van der Waals surface area contributed by atoms with E-state index >= 15 is 0 Å². The average Bonchev–Trinajstić information content (AvgIpc) is 2.47. The maximum Gasteiger partial charge on any atom is 0.318 e. The average molecular weight is 262 g/mol. The molecule has 98 valence electrons. The van der Waals surface area contributed by atoms with Gasteiger partial charge in [-0.25, -0.2) is 0 Å². The molecule has 1 saturated heterocycles. The zero-order valence-electron chi connectivity index (χ0n) is 11.0. The molecule has 0 bridgehead atoms. The second kappa shape index (κ2) is 5.22. The van der Waals surface area contributed by atoms with Crippen molar-refractivity contribution in [3.05, 3.63) is 59.9 Å². The first-order valence-corrected chi connectivity index (χ1v) is 6.64. The molecule has 1 atom stereocenters. The first kappa shape index (κ1) is 12.5. The minimum Gasteiger partial charge on any atom is -0.430 e. The van der Waals surface area contributed by atoms with Gasteiger partial charge in [-0.2, -0.15) is 0 Å². The molecule has 2 aromatic carbocycles. The van der Waals surface area contributed by atoms with Gasteiger partial charge in [0.25, 0.3) is 0 Å². The van der Waals surface area contributed by atoms with Gasteiger partial charge in [0.2, 0.25) is 0 Å². The fourth-order valence-electron chi connectivity index (χ4n) is 2.69. The smallest absolute Gasteiger partial charge is 0.318 e. The predicted molar refractivity (Wildman–Crippen MR) is 78.9 cm³/mol. The van der Waals surface area contributed by atoms with E-state index in [1.165, 1.54) is 6.08 Å². The molecule has 20 heavy (non-hydrogen) atoms. The highest BCUT2D eigenvalue weighted by molar-refractivity contribution is 5.91. The van der Waals surface area contributed by atoms with E-state index in [4.69, 9.17) is 11.2 Å². The number of allylic oxidation sites excluding steroid dienone is 2. The standard InChI is InChI=1S/C18H14O2/c1-2-6-14-11-12-17(18(19)20-14)16-10-5-8-13-7-3-4-9-15(13)16/h1,3-10,17H,11-12H2/b14-6-. The van der Waals surface area contributed by atoms with E-state index in [9.17, 15) is 4.79 Å². The summed E-state index contributed by atoms with van der Waals surface area (Å²) in [6.45, 7) is 0. The molecule has 3 rings (SSSR count). The molecule has 1 fully saturated rings. The molecule has 0 amide bonds. The first-order valence-electron chi connectivity index (χ1n) is 6.64. The summed E-state index contributed by atoms with van der Waals surface area (Å²) in [5.41, 5.74) is 1.04. The van der Waals surface area contributed by atoms with Crippen molar-refractivity contribution in [2.75, 3.05) is 0 Å². The number of hydrogen-bond donors (Lipinski definition) is 0. The molecule has 1 aliphatic heterocycles. The van der Waals surface area contributed by atoms with Crippen LogP contribution in [-0.2, 0) is 9.53 Å². The molecule has 0 saturated carbocycles. The van der Waals surface area contributed by atoms with Gasteiger partial charge in [0.1, 0.15) is 5.76 Å². The molecule has 2 nitrogen and oxygen atoms in total. The minimum atomic E-state index is -0.214. The maximum atomic E-state index is 12.2. The van der Waals surface area contributed by atoms with E-state index in [0.717, 1.165) is 22.8 Å². The maximum absolute atomic E-state index is 12.2. The van der Waals surface area contributed by atoms with E-state index in [1.54, 1.807) is 0 Å². The van der Waals surface area contributed by atoms with Crippen LogP contribution >= 0.6 is 0 Å². The molecule has 1 heterocycles. The Morgan fingerprint density at radius 1 is 1.20 bits per heavy atom. The fourth-order valence-corrected chi connectivity index (χ4v) is 2.69. The van der Waals surface area contributed by atoms with Gasteiger partial charge in [-0.1, -0.05) is 48.4 Å². The third-order valence-electron chi connectivity index (χ3n) is 3.64. The first-order chi connectivity index (χ1) is 9.79. The van der Waals surface area contributed by atoms with Crippen LogP contribution in [-0.4, -0.2) is 5.97 Å². The van der Waals surface area contributed by atoms with Gasteiger partial charge in [-0.15, -0.1) is 6.42 Å². The molecule has 0 aromatic heterocycles. The Hall–Kier alpha value is -2.53. The number of carbonyl (C=O) groups is 1. The van der Waals surface area contributed by atoms with Crippen molar-refractivity contribution in [3.8, 4) is 12.3 Å². The van der Waals surface area contributed by atoms with Crippen molar-refractivity contribution in [3.63, 3.8) is 0 Å². The SMILES string of the molecule is C#C/C=C1/CCC(c2cccc3ccccc23)C(=O)O1. The Kier molecular flexibility index (Phi) is 3.26. The van der Waals surface area contributed by atoms with Crippen LogP contribution in [0.15, 0.2) is 54.3 Å². The van der Waals surface area contributed by atoms with Gasteiger partial charge in [0.05, 0.1) is 5.92 Å². The number of carbonyl (C=O) groups excluding carboxylic acids is 1. The highest BCUT2D eigenvalue weighted by Crippen LogP contribution is 2.34. The van der Waals surface area contributed by atoms with Gasteiger partial charge in [-0.05, 0) is 22.8 Å². The number of hydrogen-bond acceptors (Lipinski definition) is 2. The Morgan fingerprint density at radius 2 is 2.00 bits per heavy atom. The van der Waals surface area contributed by atoms with E-state index in [1.807, 2.05) is 30.3 Å². The second-order valence-electron chi connectivity index (χ2n) is 4.86. The van der Waals surface area contributed by atoms with E-state index in [2.05, 4.69) is 18.1 Å². The van der Waals surface area contributed by atoms with Crippen LogP contribution in [0, 0.1) is 12.3 Å². The third kappa shape index (κ3) is 2.19. The van der Waals surface area contributed by atoms with Gasteiger partial charge < -0.3 is 4.74 Å². The number of benzene rings is 2. The van der Waals surface area contributed by atoms with Gasteiger partial charge >= 0.3 is 5.97 Å². The van der Waals surface area contributed by atoms with Crippen LogP contribution < -0.4 is 0 Å². The van der Waals surface area contributed by atoms with Gasteiger partial charge in [-0.3, -0.25) is 4.79 Å². The number of fused-ring (bicyclic) bond motifs is 1. The molecule has 1 unspecified atom stereocenters. The number of rotatable bonds is 1. The normalized spacial score (nSPS) is 20.6.